The number of hydrogen-bond acceptors (Lipinski definition) is 3. The van der Waals surface area contributed by atoms with Crippen LogP contribution in [0.5, 0.6) is 5.75 Å². The van der Waals surface area contributed by atoms with Gasteiger partial charge in [0.15, 0.2) is 0 Å². The summed E-state index contributed by atoms with van der Waals surface area (Å²) in [6, 6.07) is 8.29. The SMILES string of the molecule is CCn1ccnc1NC(C)c1ccc(OC)cc1. The monoisotopic (exact) mass is 245 g/mol. The van der Waals surface area contributed by atoms with Crippen molar-refractivity contribution in [1.82, 2.24) is 9.55 Å². The molecule has 0 saturated heterocycles. The van der Waals surface area contributed by atoms with Crippen molar-refractivity contribution in [3.8, 4) is 5.75 Å². The van der Waals surface area contributed by atoms with E-state index in [1.165, 1.54) is 5.56 Å². The van der Waals surface area contributed by atoms with Crippen LogP contribution in [-0.4, -0.2) is 16.7 Å². The number of benzene rings is 1. The molecule has 0 amide bonds. The van der Waals surface area contributed by atoms with Gasteiger partial charge >= 0.3 is 0 Å². The van der Waals surface area contributed by atoms with Crippen molar-refractivity contribution in [3.05, 3.63) is 42.2 Å². The highest BCUT2D eigenvalue weighted by atomic mass is 16.5. The summed E-state index contributed by atoms with van der Waals surface area (Å²) in [7, 11) is 1.68. The predicted octanol–water partition coefficient (Wildman–Crippen LogP) is 3.08. The molecule has 0 saturated carbocycles. The topological polar surface area (TPSA) is 39.1 Å². The van der Waals surface area contributed by atoms with Crippen LogP contribution in [0.25, 0.3) is 0 Å². The van der Waals surface area contributed by atoms with E-state index < -0.39 is 0 Å². The second-order valence-corrected chi connectivity index (χ2v) is 4.18. The second kappa shape index (κ2) is 5.58. The maximum atomic E-state index is 5.15. The summed E-state index contributed by atoms with van der Waals surface area (Å²) in [6.45, 7) is 5.14. The summed E-state index contributed by atoms with van der Waals surface area (Å²) in [5, 5.41) is 3.41. The summed E-state index contributed by atoms with van der Waals surface area (Å²) in [6.07, 6.45) is 3.79. The van der Waals surface area contributed by atoms with Crippen LogP contribution in [0.15, 0.2) is 36.7 Å². The Morgan fingerprint density at radius 3 is 2.67 bits per heavy atom. The predicted molar refractivity (Wildman–Crippen MR) is 72.9 cm³/mol. The van der Waals surface area contributed by atoms with Gasteiger partial charge < -0.3 is 14.6 Å². The van der Waals surface area contributed by atoms with Gasteiger partial charge in [-0.05, 0) is 31.5 Å². The molecule has 1 heterocycles. The lowest BCUT2D eigenvalue weighted by Gasteiger charge is -2.16. The van der Waals surface area contributed by atoms with E-state index in [9.17, 15) is 0 Å². The molecule has 1 atom stereocenters. The Bertz CT molecular complexity index is 490. The molecule has 0 aliphatic rings. The number of aromatic nitrogens is 2. The Morgan fingerprint density at radius 2 is 2.06 bits per heavy atom. The van der Waals surface area contributed by atoms with E-state index >= 15 is 0 Å². The van der Waals surface area contributed by atoms with Gasteiger partial charge in [-0.2, -0.15) is 0 Å². The van der Waals surface area contributed by atoms with E-state index in [1.54, 1.807) is 7.11 Å². The number of methoxy groups -OCH3 is 1. The fourth-order valence-corrected chi connectivity index (χ4v) is 1.87. The van der Waals surface area contributed by atoms with Crippen LogP contribution in [0.3, 0.4) is 0 Å². The minimum Gasteiger partial charge on any atom is -0.497 e. The van der Waals surface area contributed by atoms with Crippen LogP contribution >= 0.6 is 0 Å². The molecule has 0 aliphatic carbocycles. The van der Waals surface area contributed by atoms with Crippen LogP contribution in [0.1, 0.15) is 25.5 Å². The third-order valence-electron chi connectivity index (χ3n) is 3.02. The van der Waals surface area contributed by atoms with E-state index in [-0.39, 0.29) is 6.04 Å². The zero-order valence-electron chi connectivity index (χ0n) is 11.1. The van der Waals surface area contributed by atoms with Crippen LogP contribution in [-0.2, 0) is 6.54 Å². The molecule has 1 N–H and O–H groups in total. The van der Waals surface area contributed by atoms with Crippen molar-refractivity contribution in [1.29, 1.82) is 0 Å². The van der Waals surface area contributed by atoms with Crippen molar-refractivity contribution >= 4 is 5.95 Å². The molecule has 2 aromatic rings. The minimum atomic E-state index is 0.212. The van der Waals surface area contributed by atoms with Crippen molar-refractivity contribution in [2.45, 2.75) is 26.4 Å². The number of nitrogens with zero attached hydrogens (tertiary/aromatic N) is 2. The van der Waals surface area contributed by atoms with E-state index in [4.69, 9.17) is 4.74 Å². The standard InChI is InChI=1S/C14H19N3O/c1-4-17-10-9-15-14(17)16-11(2)12-5-7-13(18-3)8-6-12/h5-11H,4H2,1-3H3,(H,15,16). The fourth-order valence-electron chi connectivity index (χ4n) is 1.87. The summed E-state index contributed by atoms with van der Waals surface area (Å²) < 4.78 is 7.24. The molecule has 1 aromatic heterocycles. The number of imidazole rings is 1. The molecule has 0 radical (unpaired) electrons. The van der Waals surface area contributed by atoms with Crippen molar-refractivity contribution in [2.75, 3.05) is 12.4 Å². The average molecular weight is 245 g/mol. The average Bonchev–Trinajstić information content (AvgIpc) is 2.86. The van der Waals surface area contributed by atoms with Crippen molar-refractivity contribution in [3.63, 3.8) is 0 Å². The van der Waals surface area contributed by atoms with Crippen molar-refractivity contribution < 1.29 is 4.74 Å². The van der Waals surface area contributed by atoms with E-state index in [1.807, 2.05) is 24.5 Å². The zero-order chi connectivity index (χ0) is 13.0. The highest BCUT2D eigenvalue weighted by Crippen LogP contribution is 2.20. The highest BCUT2D eigenvalue weighted by Gasteiger charge is 2.08. The number of hydrogen-bond donors (Lipinski definition) is 1. The molecule has 1 unspecified atom stereocenters. The van der Waals surface area contributed by atoms with Gasteiger partial charge in [-0.1, -0.05) is 12.1 Å². The lowest BCUT2D eigenvalue weighted by molar-refractivity contribution is 0.414. The van der Waals surface area contributed by atoms with Gasteiger partial charge in [0.05, 0.1) is 13.2 Å². The Morgan fingerprint density at radius 1 is 1.33 bits per heavy atom. The maximum Gasteiger partial charge on any atom is 0.203 e. The first kappa shape index (κ1) is 12.5. The maximum absolute atomic E-state index is 5.15. The Labute approximate surface area is 108 Å². The minimum absolute atomic E-state index is 0.212. The molecular weight excluding hydrogens is 226 g/mol. The molecule has 96 valence electrons. The lowest BCUT2D eigenvalue weighted by Crippen LogP contribution is -2.11. The van der Waals surface area contributed by atoms with Gasteiger partial charge in [-0.25, -0.2) is 4.98 Å². The Hall–Kier alpha value is -1.97. The molecular formula is C14H19N3O. The smallest absolute Gasteiger partial charge is 0.203 e. The molecule has 1 aromatic carbocycles. The number of anilines is 1. The molecule has 2 rings (SSSR count). The van der Waals surface area contributed by atoms with E-state index in [2.05, 4.69) is 40.8 Å². The number of nitrogens with one attached hydrogen (secondary N) is 1. The number of rotatable bonds is 5. The molecule has 4 nitrogen and oxygen atoms in total. The number of aryl methyl sites for hydroxylation is 1. The van der Waals surface area contributed by atoms with Gasteiger partial charge in [0, 0.05) is 18.9 Å². The summed E-state index contributed by atoms with van der Waals surface area (Å²) >= 11 is 0. The van der Waals surface area contributed by atoms with Crippen LogP contribution in [0, 0.1) is 0 Å². The van der Waals surface area contributed by atoms with Crippen LogP contribution in [0.2, 0.25) is 0 Å². The van der Waals surface area contributed by atoms with E-state index in [0.717, 1.165) is 18.2 Å². The molecule has 4 heteroatoms. The quantitative estimate of drug-likeness (QED) is 0.879. The third-order valence-corrected chi connectivity index (χ3v) is 3.02. The fraction of sp³-hybridized carbons (Fsp3) is 0.357. The lowest BCUT2D eigenvalue weighted by atomic mass is 10.1. The molecule has 0 bridgehead atoms. The van der Waals surface area contributed by atoms with Gasteiger partial charge in [0.2, 0.25) is 5.95 Å². The Balaban J connectivity index is 2.09. The molecule has 0 spiro atoms. The van der Waals surface area contributed by atoms with E-state index in [0.29, 0.717) is 0 Å². The van der Waals surface area contributed by atoms with Crippen LogP contribution < -0.4 is 10.1 Å². The van der Waals surface area contributed by atoms with Gasteiger partial charge in [-0.3, -0.25) is 0 Å². The number of ether oxygens (including phenoxy) is 1. The molecule has 18 heavy (non-hydrogen) atoms. The van der Waals surface area contributed by atoms with Crippen LogP contribution in [0.4, 0.5) is 5.95 Å². The first-order valence-electron chi connectivity index (χ1n) is 6.16. The molecule has 0 fully saturated rings. The second-order valence-electron chi connectivity index (χ2n) is 4.18. The zero-order valence-corrected chi connectivity index (χ0v) is 11.1. The van der Waals surface area contributed by atoms with Crippen molar-refractivity contribution in [2.24, 2.45) is 0 Å². The first-order chi connectivity index (χ1) is 8.74. The summed E-state index contributed by atoms with van der Waals surface area (Å²) in [5.74, 6) is 1.78. The molecule has 0 aliphatic heterocycles. The summed E-state index contributed by atoms with van der Waals surface area (Å²) in [4.78, 5) is 4.31. The Kier molecular flexibility index (Phi) is 3.87. The normalized spacial score (nSPS) is 12.2. The first-order valence-corrected chi connectivity index (χ1v) is 6.16. The van der Waals surface area contributed by atoms with Gasteiger partial charge in [0.1, 0.15) is 5.75 Å². The third kappa shape index (κ3) is 2.64. The summed E-state index contributed by atoms with van der Waals surface area (Å²) in [5.41, 5.74) is 1.21. The largest absolute Gasteiger partial charge is 0.497 e. The van der Waals surface area contributed by atoms with Gasteiger partial charge in [0.25, 0.3) is 0 Å². The highest BCUT2D eigenvalue weighted by molar-refractivity contribution is 5.35. The van der Waals surface area contributed by atoms with Gasteiger partial charge in [-0.15, -0.1) is 0 Å².